The lowest BCUT2D eigenvalue weighted by Crippen LogP contribution is -2.72. The molecule has 0 aromatic heterocycles. The van der Waals surface area contributed by atoms with Gasteiger partial charge in [0.2, 0.25) is 5.91 Å². The van der Waals surface area contributed by atoms with E-state index in [1.807, 2.05) is 0 Å². The molecule has 29 nitrogen and oxygen atoms in total. The molecule has 1 amide bonds. The molecule has 5 aliphatic rings. The zero-order chi connectivity index (χ0) is 46.8. The number of carboxylic acids is 1. The smallest absolute Gasteiger partial charge is 0.364 e. The van der Waals surface area contributed by atoms with Crippen LogP contribution in [0.2, 0.25) is 0 Å². The summed E-state index contributed by atoms with van der Waals surface area (Å²) in [6, 6.07) is -1.82. The van der Waals surface area contributed by atoms with Crippen molar-refractivity contribution in [1.29, 1.82) is 0 Å². The third-order valence-corrected chi connectivity index (χ3v) is 11.4. The van der Waals surface area contributed by atoms with E-state index >= 15 is 0 Å². The second-order valence-corrected chi connectivity index (χ2v) is 15.6. The van der Waals surface area contributed by atoms with Crippen molar-refractivity contribution >= 4 is 11.9 Å². The van der Waals surface area contributed by atoms with Gasteiger partial charge in [0.25, 0.3) is 5.79 Å². The third kappa shape index (κ3) is 10.7. The molecule has 0 radical (unpaired) electrons. The van der Waals surface area contributed by atoms with Crippen LogP contribution in [0, 0.1) is 0 Å². The standard InChI is InChI=1S/C34H57NO28/c1-8(41)35-15-10(56-31-23(50)27(18(45)12(5-38)58-31)61-30-22(49)17(44)11(4-37)57-30)2-34(33(53)54,62-26(15)16(43)9(42)3-36)63-28-19(46)13(6-39)59-32(24(28)51)60-25-14(7-40)55-29(52)21(48)20(25)47/h9-32,36-40,42-52H,2-7H2,1H3,(H,35,41)(H,53,54)/t9-,10+,11+,12-,13-,14-,15-,16-,17+,18+,19+,20-,21-,22-,23-,24-,25-,26-,27+,28+,29?,30+,31-,32+,34+/m1/s1. The van der Waals surface area contributed by atoms with Gasteiger partial charge in [0.1, 0.15) is 110 Å². The van der Waals surface area contributed by atoms with Crippen molar-refractivity contribution < 1.29 is 139 Å². The summed E-state index contributed by atoms with van der Waals surface area (Å²) in [6.45, 7) is -4.11. The molecule has 63 heavy (non-hydrogen) atoms. The van der Waals surface area contributed by atoms with E-state index in [0.717, 1.165) is 6.92 Å². The van der Waals surface area contributed by atoms with Crippen molar-refractivity contribution in [3.8, 4) is 0 Å². The summed E-state index contributed by atoms with van der Waals surface area (Å²) < 4.78 is 50.1. The zero-order valence-electron chi connectivity index (χ0n) is 33.2. The Morgan fingerprint density at radius 3 is 1.62 bits per heavy atom. The maximum Gasteiger partial charge on any atom is 0.364 e. The van der Waals surface area contributed by atoms with Crippen LogP contribution in [0.15, 0.2) is 0 Å². The summed E-state index contributed by atoms with van der Waals surface area (Å²) in [5.74, 6) is -6.37. The third-order valence-electron chi connectivity index (χ3n) is 11.4. The average Bonchev–Trinajstić information content (AvgIpc) is 3.53. The molecule has 5 aliphatic heterocycles. The number of amides is 1. The lowest BCUT2D eigenvalue weighted by molar-refractivity contribution is -0.392. The number of ether oxygens (including phenoxy) is 9. The number of rotatable bonds is 17. The van der Waals surface area contributed by atoms with Crippen LogP contribution in [-0.4, -0.2) is 285 Å². The minimum absolute atomic E-state index is 0.796. The fourth-order valence-corrected chi connectivity index (χ4v) is 7.91. The highest BCUT2D eigenvalue weighted by molar-refractivity contribution is 5.76. The minimum Gasteiger partial charge on any atom is -0.477 e. The fourth-order valence-electron chi connectivity index (χ4n) is 7.91. The van der Waals surface area contributed by atoms with E-state index < -0.39 is 204 Å². The first-order chi connectivity index (χ1) is 29.7. The van der Waals surface area contributed by atoms with Gasteiger partial charge in [-0.25, -0.2) is 4.79 Å². The molecule has 5 fully saturated rings. The van der Waals surface area contributed by atoms with E-state index in [9.17, 15) is 96.4 Å². The van der Waals surface area contributed by atoms with Gasteiger partial charge in [-0.05, 0) is 0 Å². The molecule has 5 saturated heterocycles. The number of nitrogens with one attached hydrogen (secondary N) is 1. The lowest BCUT2D eigenvalue weighted by Gasteiger charge is -2.52. The van der Waals surface area contributed by atoms with Gasteiger partial charge in [0.15, 0.2) is 25.2 Å². The largest absolute Gasteiger partial charge is 0.477 e. The first-order valence-corrected chi connectivity index (χ1v) is 19.7. The quantitative estimate of drug-likeness (QED) is 0.0644. The first-order valence-electron chi connectivity index (χ1n) is 19.7. The molecule has 25 atom stereocenters. The Bertz CT molecular complexity index is 1490. The Labute approximate surface area is 355 Å². The van der Waals surface area contributed by atoms with Crippen LogP contribution in [0.4, 0.5) is 0 Å². The van der Waals surface area contributed by atoms with Crippen molar-refractivity contribution in [2.45, 2.75) is 166 Å². The van der Waals surface area contributed by atoms with E-state index in [-0.39, 0.29) is 0 Å². The fraction of sp³-hybridized carbons (Fsp3) is 0.941. The molecular formula is C34H57NO28. The zero-order valence-corrected chi connectivity index (χ0v) is 33.2. The van der Waals surface area contributed by atoms with Crippen LogP contribution in [0.5, 0.6) is 0 Å². The van der Waals surface area contributed by atoms with Gasteiger partial charge in [0.05, 0.1) is 45.2 Å². The Balaban J connectivity index is 1.52. The number of hydrogen-bond donors (Lipinski definition) is 18. The van der Waals surface area contributed by atoms with Crippen molar-refractivity contribution in [2.75, 3.05) is 33.0 Å². The second-order valence-electron chi connectivity index (χ2n) is 15.6. The number of carbonyl (C=O) groups excluding carboxylic acids is 1. The molecule has 0 bridgehead atoms. The van der Waals surface area contributed by atoms with Gasteiger partial charge in [-0.2, -0.15) is 0 Å². The van der Waals surface area contributed by atoms with Gasteiger partial charge in [-0.3, -0.25) is 4.79 Å². The molecule has 5 rings (SSSR count). The maximum absolute atomic E-state index is 13.4. The minimum atomic E-state index is -3.32. The lowest BCUT2D eigenvalue weighted by atomic mass is 9.87. The normalized spacial score (nSPS) is 48.1. The molecule has 29 heteroatoms. The highest BCUT2D eigenvalue weighted by atomic mass is 16.8. The van der Waals surface area contributed by atoms with Crippen LogP contribution in [0.1, 0.15) is 13.3 Å². The first kappa shape index (κ1) is 51.9. The topological polar surface area (TPSA) is 473 Å². The average molecular weight is 928 g/mol. The molecule has 1 unspecified atom stereocenters. The summed E-state index contributed by atoms with van der Waals surface area (Å²) in [4.78, 5) is 26.0. The Morgan fingerprint density at radius 1 is 0.619 bits per heavy atom. The molecule has 0 saturated carbocycles. The van der Waals surface area contributed by atoms with E-state index in [0.29, 0.717) is 0 Å². The van der Waals surface area contributed by atoms with Gasteiger partial charge in [-0.1, -0.05) is 0 Å². The highest BCUT2D eigenvalue weighted by Crippen LogP contribution is 2.41. The summed E-state index contributed by atoms with van der Waals surface area (Å²) in [5.41, 5.74) is 0. The molecule has 366 valence electrons. The Hall–Kier alpha value is -2.06. The number of carboxylic acid groups (broad SMARTS) is 1. The molecular weight excluding hydrogens is 870 g/mol. The number of hydrogen-bond acceptors (Lipinski definition) is 27. The molecule has 0 spiro atoms. The number of aliphatic carboxylic acids is 1. The predicted molar refractivity (Wildman–Crippen MR) is 189 cm³/mol. The number of carbonyl (C=O) groups is 2. The van der Waals surface area contributed by atoms with Crippen LogP contribution in [0.25, 0.3) is 0 Å². The highest BCUT2D eigenvalue weighted by Gasteiger charge is 2.62. The number of aliphatic hydroxyl groups excluding tert-OH is 16. The van der Waals surface area contributed by atoms with E-state index in [2.05, 4.69) is 5.32 Å². The van der Waals surface area contributed by atoms with Crippen LogP contribution >= 0.6 is 0 Å². The molecule has 0 aromatic rings. The van der Waals surface area contributed by atoms with Gasteiger partial charge in [0, 0.05) is 13.3 Å². The van der Waals surface area contributed by atoms with Crippen LogP contribution in [-0.2, 0) is 52.2 Å². The Morgan fingerprint density at radius 2 is 1.11 bits per heavy atom. The number of aliphatic hydroxyl groups is 16. The Kier molecular flexibility index (Phi) is 17.9. The monoisotopic (exact) mass is 927 g/mol. The van der Waals surface area contributed by atoms with Crippen molar-refractivity contribution in [3.05, 3.63) is 0 Å². The summed E-state index contributed by atoms with van der Waals surface area (Å²) in [5, 5.41) is 181. The van der Waals surface area contributed by atoms with Gasteiger partial charge >= 0.3 is 5.97 Å². The van der Waals surface area contributed by atoms with Gasteiger partial charge < -0.3 is 135 Å². The summed E-state index contributed by atoms with van der Waals surface area (Å²) in [6.07, 6.45) is -47.0. The van der Waals surface area contributed by atoms with Crippen molar-refractivity contribution in [3.63, 3.8) is 0 Å². The molecule has 0 aliphatic carbocycles. The van der Waals surface area contributed by atoms with E-state index in [1.54, 1.807) is 0 Å². The summed E-state index contributed by atoms with van der Waals surface area (Å²) in [7, 11) is 0. The second kappa shape index (κ2) is 21.7. The maximum atomic E-state index is 13.4. The summed E-state index contributed by atoms with van der Waals surface area (Å²) >= 11 is 0. The van der Waals surface area contributed by atoms with Crippen LogP contribution in [0.3, 0.4) is 0 Å². The molecule has 0 aromatic carbocycles. The van der Waals surface area contributed by atoms with Crippen LogP contribution < -0.4 is 5.32 Å². The van der Waals surface area contributed by atoms with Gasteiger partial charge in [-0.15, -0.1) is 0 Å². The molecule has 18 N–H and O–H groups in total. The van der Waals surface area contributed by atoms with E-state index in [4.69, 9.17) is 42.6 Å². The predicted octanol–water partition coefficient (Wildman–Crippen LogP) is -11.9. The SMILES string of the molecule is CC(=O)N[C@H]1[C@H]([C@H](O)[C@H](O)CO)O[C@@](O[C@H]2[C@@H](O)[C@@H](CO)O[C@@H](O[C@H]3[C@H](O)[C@@H](O)C(O)O[C@@H]3CO)[C@@H]2O)(C(=O)O)C[C@@H]1O[C@@H]1O[C@H](CO)[C@H](O)[C@H](O[C@@H]2O[C@@H](CO)[C@H](O)[C@H]2O)[C@H]1O. The van der Waals surface area contributed by atoms with Crippen molar-refractivity contribution in [1.82, 2.24) is 5.32 Å². The molecule has 5 heterocycles. The van der Waals surface area contributed by atoms with E-state index in [1.165, 1.54) is 0 Å². The van der Waals surface area contributed by atoms with Crippen molar-refractivity contribution in [2.24, 2.45) is 0 Å².